The molecule has 19 heavy (non-hydrogen) atoms. The van der Waals surface area contributed by atoms with Gasteiger partial charge < -0.3 is 16.0 Å². The Labute approximate surface area is 116 Å². The molecule has 3 N–H and O–H groups in total. The molecule has 0 heterocycles. The van der Waals surface area contributed by atoms with E-state index in [2.05, 4.69) is 10.2 Å². The van der Waals surface area contributed by atoms with Crippen LogP contribution in [-0.2, 0) is 11.3 Å². The molecular weight excluding hydrogens is 238 g/mol. The Bertz CT molecular complexity index is 418. The van der Waals surface area contributed by atoms with Crippen LogP contribution >= 0.6 is 0 Å². The van der Waals surface area contributed by atoms with E-state index in [0.717, 1.165) is 24.2 Å². The van der Waals surface area contributed by atoms with Gasteiger partial charge in [0, 0.05) is 12.2 Å². The molecule has 1 aromatic rings. The third-order valence-electron chi connectivity index (χ3n) is 3.32. The van der Waals surface area contributed by atoms with E-state index in [4.69, 9.17) is 5.73 Å². The molecule has 0 aromatic heterocycles. The van der Waals surface area contributed by atoms with Gasteiger partial charge in [-0.05, 0) is 31.6 Å². The first kappa shape index (κ1) is 15.7. The second-order valence-electron chi connectivity index (χ2n) is 5.30. The zero-order valence-electron chi connectivity index (χ0n) is 12.3. The highest BCUT2D eigenvalue weighted by atomic mass is 16.2. The fourth-order valence-corrected chi connectivity index (χ4v) is 1.85. The number of nitrogens with two attached hydrogens (primary N) is 1. The van der Waals surface area contributed by atoms with Crippen molar-refractivity contribution in [2.24, 2.45) is 11.7 Å². The molecule has 0 spiro atoms. The minimum Gasteiger partial charge on any atom is -0.324 e. The maximum Gasteiger partial charge on any atom is 0.241 e. The minimum absolute atomic E-state index is 0.111. The second kappa shape index (κ2) is 7.26. The van der Waals surface area contributed by atoms with Crippen LogP contribution < -0.4 is 11.1 Å². The lowest BCUT2D eigenvalue weighted by Crippen LogP contribution is -2.40. The molecule has 0 bridgehead atoms. The number of para-hydroxylation sites is 1. The summed E-state index contributed by atoms with van der Waals surface area (Å²) in [6.07, 6.45) is 0.897. The summed E-state index contributed by atoms with van der Waals surface area (Å²) >= 11 is 0. The van der Waals surface area contributed by atoms with E-state index < -0.39 is 6.04 Å². The highest BCUT2D eigenvalue weighted by Gasteiger charge is 2.20. The number of carbonyl (C=O) groups excluding carboxylic acids is 1. The van der Waals surface area contributed by atoms with Gasteiger partial charge in [0.25, 0.3) is 0 Å². The van der Waals surface area contributed by atoms with Crippen LogP contribution in [0.15, 0.2) is 24.3 Å². The van der Waals surface area contributed by atoms with E-state index >= 15 is 0 Å². The molecule has 0 saturated carbocycles. The number of nitrogens with zero attached hydrogens (tertiary/aromatic N) is 1. The summed E-state index contributed by atoms with van der Waals surface area (Å²) in [4.78, 5) is 14.2. The van der Waals surface area contributed by atoms with Crippen LogP contribution in [0.3, 0.4) is 0 Å². The number of benzene rings is 1. The van der Waals surface area contributed by atoms with E-state index in [-0.39, 0.29) is 11.8 Å². The first-order valence-electron chi connectivity index (χ1n) is 6.74. The molecule has 4 nitrogen and oxygen atoms in total. The maximum absolute atomic E-state index is 12.1. The van der Waals surface area contributed by atoms with E-state index in [1.807, 2.05) is 52.2 Å². The SMILES string of the molecule is CCC(C)[C@H](N)C(=O)Nc1ccccc1CN(C)C. The van der Waals surface area contributed by atoms with E-state index in [1.54, 1.807) is 0 Å². The Hall–Kier alpha value is -1.39. The first-order valence-corrected chi connectivity index (χ1v) is 6.74. The molecule has 0 fully saturated rings. The van der Waals surface area contributed by atoms with E-state index in [9.17, 15) is 4.79 Å². The van der Waals surface area contributed by atoms with Crippen molar-refractivity contribution in [3.63, 3.8) is 0 Å². The van der Waals surface area contributed by atoms with Gasteiger partial charge in [-0.15, -0.1) is 0 Å². The number of nitrogens with one attached hydrogen (secondary N) is 1. The van der Waals surface area contributed by atoms with Crippen molar-refractivity contribution in [2.75, 3.05) is 19.4 Å². The molecule has 0 aliphatic carbocycles. The summed E-state index contributed by atoms with van der Waals surface area (Å²) in [6.45, 7) is 4.82. The lowest BCUT2D eigenvalue weighted by Gasteiger charge is -2.20. The summed E-state index contributed by atoms with van der Waals surface area (Å²) < 4.78 is 0. The van der Waals surface area contributed by atoms with Gasteiger partial charge in [0.1, 0.15) is 0 Å². The van der Waals surface area contributed by atoms with Crippen LogP contribution in [0.5, 0.6) is 0 Å². The van der Waals surface area contributed by atoms with Crippen LogP contribution in [0.4, 0.5) is 5.69 Å². The Morgan fingerprint density at radius 1 is 1.37 bits per heavy atom. The molecule has 1 amide bonds. The zero-order valence-corrected chi connectivity index (χ0v) is 12.3. The van der Waals surface area contributed by atoms with Crippen molar-refractivity contribution in [1.29, 1.82) is 0 Å². The monoisotopic (exact) mass is 263 g/mol. The molecule has 0 aliphatic heterocycles. The van der Waals surface area contributed by atoms with Crippen molar-refractivity contribution in [3.05, 3.63) is 29.8 Å². The van der Waals surface area contributed by atoms with Gasteiger partial charge in [0.15, 0.2) is 0 Å². The molecule has 1 rings (SSSR count). The molecule has 0 saturated heterocycles. The average molecular weight is 263 g/mol. The zero-order chi connectivity index (χ0) is 14.4. The van der Waals surface area contributed by atoms with Crippen LogP contribution in [0.25, 0.3) is 0 Å². The first-order chi connectivity index (χ1) is 8.95. The number of carbonyl (C=O) groups is 1. The topological polar surface area (TPSA) is 58.4 Å². The number of anilines is 1. The van der Waals surface area contributed by atoms with Crippen LogP contribution in [0.2, 0.25) is 0 Å². The van der Waals surface area contributed by atoms with Crippen molar-refractivity contribution in [3.8, 4) is 0 Å². The van der Waals surface area contributed by atoms with Gasteiger partial charge in [-0.25, -0.2) is 0 Å². The Balaban J connectivity index is 2.79. The molecule has 0 radical (unpaired) electrons. The van der Waals surface area contributed by atoms with Gasteiger partial charge in [0.2, 0.25) is 5.91 Å². The molecule has 2 atom stereocenters. The van der Waals surface area contributed by atoms with Crippen LogP contribution in [0, 0.1) is 5.92 Å². The summed E-state index contributed by atoms with van der Waals surface area (Å²) in [6, 6.07) is 7.37. The van der Waals surface area contributed by atoms with E-state index in [0.29, 0.717) is 0 Å². The standard InChI is InChI=1S/C15H25N3O/c1-5-11(2)14(16)15(19)17-13-9-7-6-8-12(13)10-18(3)4/h6-9,11,14H,5,10,16H2,1-4H3,(H,17,19)/t11?,14-/m0/s1. The molecular formula is C15H25N3O. The third kappa shape index (κ3) is 4.65. The quantitative estimate of drug-likeness (QED) is 0.826. The van der Waals surface area contributed by atoms with Crippen molar-refractivity contribution in [1.82, 2.24) is 4.90 Å². The van der Waals surface area contributed by atoms with Crippen molar-refractivity contribution >= 4 is 11.6 Å². The fraction of sp³-hybridized carbons (Fsp3) is 0.533. The smallest absolute Gasteiger partial charge is 0.241 e. The predicted molar refractivity (Wildman–Crippen MR) is 79.9 cm³/mol. The fourth-order valence-electron chi connectivity index (χ4n) is 1.85. The van der Waals surface area contributed by atoms with Crippen LogP contribution in [-0.4, -0.2) is 30.9 Å². The second-order valence-corrected chi connectivity index (χ2v) is 5.30. The molecule has 4 heteroatoms. The molecule has 0 aliphatic rings. The third-order valence-corrected chi connectivity index (χ3v) is 3.32. The Morgan fingerprint density at radius 3 is 2.58 bits per heavy atom. The summed E-state index contributed by atoms with van der Waals surface area (Å²) in [5, 5.41) is 2.94. The Morgan fingerprint density at radius 2 is 2.00 bits per heavy atom. The number of hydrogen-bond donors (Lipinski definition) is 2. The summed E-state index contributed by atoms with van der Waals surface area (Å²) in [7, 11) is 4.01. The van der Waals surface area contributed by atoms with Crippen molar-refractivity contribution in [2.45, 2.75) is 32.9 Å². The highest BCUT2D eigenvalue weighted by molar-refractivity contribution is 5.95. The maximum atomic E-state index is 12.1. The number of rotatable bonds is 6. The van der Waals surface area contributed by atoms with Crippen LogP contribution in [0.1, 0.15) is 25.8 Å². The predicted octanol–water partition coefficient (Wildman–Crippen LogP) is 2.06. The average Bonchev–Trinajstić information content (AvgIpc) is 2.38. The van der Waals surface area contributed by atoms with Gasteiger partial charge in [0.05, 0.1) is 6.04 Å². The molecule has 1 unspecified atom stereocenters. The Kier molecular flexibility index (Phi) is 5.99. The van der Waals surface area contributed by atoms with Gasteiger partial charge >= 0.3 is 0 Å². The highest BCUT2D eigenvalue weighted by Crippen LogP contribution is 2.17. The molecule has 1 aromatic carbocycles. The lowest BCUT2D eigenvalue weighted by molar-refractivity contribution is -0.118. The normalized spacial score (nSPS) is 14.2. The summed E-state index contributed by atoms with van der Waals surface area (Å²) in [5.74, 6) is 0.0709. The van der Waals surface area contributed by atoms with E-state index in [1.165, 1.54) is 0 Å². The van der Waals surface area contributed by atoms with Gasteiger partial charge in [-0.1, -0.05) is 38.5 Å². The molecule has 106 valence electrons. The van der Waals surface area contributed by atoms with Crippen molar-refractivity contribution < 1.29 is 4.79 Å². The number of amides is 1. The van der Waals surface area contributed by atoms with Gasteiger partial charge in [-0.3, -0.25) is 4.79 Å². The summed E-state index contributed by atoms with van der Waals surface area (Å²) in [5.41, 5.74) is 7.89. The number of hydrogen-bond acceptors (Lipinski definition) is 3. The lowest BCUT2D eigenvalue weighted by atomic mass is 9.99. The van der Waals surface area contributed by atoms with Gasteiger partial charge in [-0.2, -0.15) is 0 Å². The largest absolute Gasteiger partial charge is 0.324 e. The minimum atomic E-state index is -0.461.